The molecule has 0 aliphatic rings. The number of halogens is 1. The highest BCUT2D eigenvalue weighted by Gasteiger charge is 1.98. The molecule has 0 amide bonds. The Balaban J connectivity index is 2.82. The van der Waals surface area contributed by atoms with Crippen molar-refractivity contribution >= 4 is 15.9 Å². The molecule has 0 bridgehead atoms. The van der Waals surface area contributed by atoms with E-state index < -0.39 is 0 Å². The van der Waals surface area contributed by atoms with Gasteiger partial charge in [-0.15, -0.1) is 0 Å². The van der Waals surface area contributed by atoms with Crippen molar-refractivity contribution in [1.82, 2.24) is 0 Å². The van der Waals surface area contributed by atoms with Gasteiger partial charge in [-0.25, -0.2) is 0 Å². The van der Waals surface area contributed by atoms with Gasteiger partial charge in [-0.1, -0.05) is 58.8 Å². The monoisotopic (exact) mass is 224 g/mol. The number of benzene rings is 1. The standard InChI is InChI=1S/C11H13Br/c1-9-3-5-11(6-4-9)10(2)7-8-12/h3-8,10H,1-2H3/b8-7+. The SMILES string of the molecule is Cc1ccc(C(C)/C=C/Br)cc1. The zero-order valence-corrected chi connectivity index (χ0v) is 9.01. The fourth-order valence-electron chi connectivity index (χ4n) is 1.09. The quantitative estimate of drug-likeness (QED) is 0.713. The lowest BCUT2D eigenvalue weighted by Gasteiger charge is -2.05. The summed E-state index contributed by atoms with van der Waals surface area (Å²) in [5.74, 6) is 0.491. The van der Waals surface area contributed by atoms with E-state index in [4.69, 9.17) is 0 Å². The first-order chi connectivity index (χ1) is 5.74. The first-order valence-electron chi connectivity index (χ1n) is 4.07. The van der Waals surface area contributed by atoms with E-state index in [0.717, 1.165) is 0 Å². The van der Waals surface area contributed by atoms with Gasteiger partial charge in [0.25, 0.3) is 0 Å². The van der Waals surface area contributed by atoms with Gasteiger partial charge in [0.05, 0.1) is 0 Å². The molecule has 1 aromatic rings. The molecule has 1 aromatic carbocycles. The first-order valence-corrected chi connectivity index (χ1v) is 4.99. The zero-order chi connectivity index (χ0) is 8.97. The Hall–Kier alpha value is -0.560. The topological polar surface area (TPSA) is 0 Å². The molecule has 0 aliphatic carbocycles. The fraction of sp³-hybridized carbons (Fsp3) is 0.273. The summed E-state index contributed by atoms with van der Waals surface area (Å²) < 4.78 is 0. The number of hydrogen-bond donors (Lipinski definition) is 0. The Labute approximate surface area is 82.4 Å². The van der Waals surface area contributed by atoms with E-state index >= 15 is 0 Å². The van der Waals surface area contributed by atoms with Crippen LogP contribution in [0.5, 0.6) is 0 Å². The first kappa shape index (κ1) is 9.53. The highest BCUT2D eigenvalue weighted by Crippen LogP contribution is 2.17. The van der Waals surface area contributed by atoms with Crippen molar-refractivity contribution in [2.24, 2.45) is 0 Å². The number of rotatable bonds is 2. The summed E-state index contributed by atoms with van der Waals surface area (Å²) in [7, 11) is 0. The molecule has 1 heteroatoms. The van der Waals surface area contributed by atoms with Crippen LogP contribution in [0.4, 0.5) is 0 Å². The van der Waals surface area contributed by atoms with E-state index in [9.17, 15) is 0 Å². The van der Waals surface area contributed by atoms with E-state index in [1.54, 1.807) is 0 Å². The maximum atomic E-state index is 3.28. The Morgan fingerprint density at radius 3 is 2.33 bits per heavy atom. The van der Waals surface area contributed by atoms with Crippen molar-refractivity contribution in [2.45, 2.75) is 19.8 Å². The van der Waals surface area contributed by atoms with Crippen LogP contribution >= 0.6 is 15.9 Å². The molecule has 0 saturated heterocycles. The summed E-state index contributed by atoms with van der Waals surface area (Å²) in [5, 5.41) is 0. The lowest BCUT2D eigenvalue weighted by Crippen LogP contribution is -1.87. The van der Waals surface area contributed by atoms with E-state index in [1.165, 1.54) is 11.1 Å². The van der Waals surface area contributed by atoms with Gasteiger partial charge >= 0.3 is 0 Å². The van der Waals surface area contributed by atoms with Crippen LogP contribution in [0.2, 0.25) is 0 Å². The zero-order valence-electron chi connectivity index (χ0n) is 7.42. The van der Waals surface area contributed by atoms with Gasteiger partial charge in [0, 0.05) is 0 Å². The maximum Gasteiger partial charge on any atom is -0.000220 e. The molecule has 0 aliphatic heterocycles. The second kappa shape index (κ2) is 4.46. The Morgan fingerprint density at radius 1 is 1.25 bits per heavy atom. The van der Waals surface area contributed by atoms with Crippen molar-refractivity contribution in [3.05, 3.63) is 46.5 Å². The molecule has 0 aromatic heterocycles. The molecule has 1 atom stereocenters. The predicted octanol–water partition coefficient (Wildman–Crippen LogP) is 4.01. The average molecular weight is 225 g/mol. The normalized spacial score (nSPS) is 13.6. The van der Waals surface area contributed by atoms with Crippen LogP contribution in [-0.2, 0) is 0 Å². The smallest absolute Gasteiger partial charge is 0.000220 e. The number of allylic oxidation sites excluding steroid dienone is 1. The van der Waals surface area contributed by atoms with Crippen LogP contribution in [0.3, 0.4) is 0 Å². The van der Waals surface area contributed by atoms with E-state index in [2.05, 4.69) is 60.1 Å². The van der Waals surface area contributed by atoms with E-state index in [0.29, 0.717) is 5.92 Å². The molecular formula is C11H13Br. The number of aryl methyl sites for hydroxylation is 1. The maximum absolute atomic E-state index is 3.28. The molecule has 0 saturated carbocycles. The lowest BCUT2D eigenvalue weighted by atomic mass is 10.0. The molecule has 0 nitrogen and oxygen atoms in total. The summed E-state index contributed by atoms with van der Waals surface area (Å²) in [6.07, 6.45) is 2.13. The summed E-state index contributed by atoms with van der Waals surface area (Å²) in [6.45, 7) is 4.29. The molecule has 1 rings (SSSR count). The minimum atomic E-state index is 0.491. The summed E-state index contributed by atoms with van der Waals surface area (Å²) >= 11 is 3.28. The third-order valence-corrected chi connectivity index (χ3v) is 2.27. The summed E-state index contributed by atoms with van der Waals surface area (Å²) in [4.78, 5) is 1.91. The molecule has 0 fully saturated rings. The molecule has 0 radical (unpaired) electrons. The largest absolute Gasteiger partial charge is 0.0704 e. The summed E-state index contributed by atoms with van der Waals surface area (Å²) in [5.41, 5.74) is 2.67. The predicted molar refractivity (Wildman–Crippen MR) is 57.7 cm³/mol. The van der Waals surface area contributed by atoms with Crippen molar-refractivity contribution in [3.8, 4) is 0 Å². The van der Waals surface area contributed by atoms with Gasteiger partial charge in [0.2, 0.25) is 0 Å². The molecule has 0 spiro atoms. The molecule has 0 N–H and O–H groups in total. The average Bonchev–Trinajstić information content (AvgIpc) is 2.06. The molecule has 1 unspecified atom stereocenters. The Kier molecular flexibility index (Phi) is 3.54. The van der Waals surface area contributed by atoms with Gasteiger partial charge in [0.1, 0.15) is 0 Å². The fourth-order valence-corrected chi connectivity index (χ4v) is 1.55. The molecular weight excluding hydrogens is 212 g/mol. The van der Waals surface area contributed by atoms with Crippen LogP contribution in [0.1, 0.15) is 24.0 Å². The highest BCUT2D eigenvalue weighted by molar-refractivity contribution is 9.11. The lowest BCUT2D eigenvalue weighted by molar-refractivity contribution is 0.969. The van der Waals surface area contributed by atoms with E-state index in [-0.39, 0.29) is 0 Å². The van der Waals surface area contributed by atoms with E-state index in [1.807, 2.05) is 4.99 Å². The van der Waals surface area contributed by atoms with Crippen molar-refractivity contribution in [3.63, 3.8) is 0 Å². The molecule has 0 heterocycles. The van der Waals surface area contributed by atoms with Crippen LogP contribution < -0.4 is 0 Å². The van der Waals surface area contributed by atoms with Gasteiger partial charge in [0.15, 0.2) is 0 Å². The summed E-state index contributed by atoms with van der Waals surface area (Å²) in [6, 6.07) is 8.64. The molecule has 12 heavy (non-hydrogen) atoms. The Morgan fingerprint density at radius 2 is 1.83 bits per heavy atom. The van der Waals surface area contributed by atoms with Crippen LogP contribution in [0.15, 0.2) is 35.3 Å². The van der Waals surface area contributed by atoms with Crippen LogP contribution in [0.25, 0.3) is 0 Å². The van der Waals surface area contributed by atoms with Gasteiger partial charge in [-0.2, -0.15) is 0 Å². The van der Waals surface area contributed by atoms with Gasteiger partial charge < -0.3 is 0 Å². The third-order valence-electron chi connectivity index (χ3n) is 1.96. The van der Waals surface area contributed by atoms with Crippen LogP contribution in [-0.4, -0.2) is 0 Å². The highest BCUT2D eigenvalue weighted by atomic mass is 79.9. The van der Waals surface area contributed by atoms with Gasteiger partial charge in [-0.05, 0) is 23.4 Å². The second-order valence-electron chi connectivity index (χ2n) is 3.02. The third kappa shape index (κ3) is 2.49. The van der Waals surface area contributed by atoms with Crippen molar-refractivity contribution in [1.29, 1.82) is 0 Å². The molecule has 64 valence electrons. The van der Waals surface area contributed by atoms with Crippen molar-refractivity contribution in [2.75, 3.05) is 0 Å². The second-order valence-corrected chi connectivity index (χ2v) is 3.55. The van der Waals surface area contributed by atoms with Crippen LogP contribution in [0, 0.1) is 6.92 Å². The van der Waals surface area contributed by atoms with Crippen molar-refractivity contribution < 1.29 is 0 Å². The minimum Gasteiger partial charge on any atom is -0.0704 e. The Bertz CT molecular complexity index is 259. The minimum absolute atomic E-state index is 0.491. The van der Waals surface area contributed by atoms with Gasteiger partial charge in [-0.3, -0.25) is 0 Å². The number of hydrogen-bond acceptors (Lipinski definition) is 0.